The summed E-state index contributed by atoms with van der Waals surface area (Å²) < 4.78 is 0. The molecule has 0 saturated carbocycles. The Bertz CT molecular complexity index is 953. The molecule has 4 rings (SSSR count). The lowest BCUT2D eigenvalue weighted by Crippen LogP contribution is -2.53. The summed E-state index contributed by atoms with van der Waals surface area (Å²) in [6, 6.07) is 17.6. The van der Waals surface area contributed by atoms with Crippen LogP contribution >= 0.6 is 17.0 Å². The summed E-state index contributed by atoms with van der Waals surface area (Å²) in [4.78, 5) is 7.28. The van der Waals surface area contributed by atoms with Gasteiger partial charge in [0.2, 0.25) is 0 Å². The third kappa shape index (κ3) is 4.47. The van der Waals surface area contributed by atoms with Gasteiger partial charge in [-0.1, -0.05) is 49.4 Å². The molecule has 2 aromatic carbocycles. The molecule has 0 spiro atoms. The van der Waals surface area contributed by atoms with Crippen LogP contribution in [0.4, 0.5) is 5.82 Å². The van der Waals surface area contributed by atoms with Gasteiger partial charge in [-0.3, -0.25) is 4.90 Å². The molecule has 1 fully saturated rings. The lowest BCUT2D eigenvalue weighted by molar-refractivity contribution is 0.116. The van der Waals surface area contributed by atoms with Gasteiger partial charge in [0.15, 0.2) is 0 Å². The zero-order valence-electron chi connectivity index (χ0n) is 17.5. The monoisotopic (exact) mass is 454 g/mol. The first-order valence-corrected chi connectivity index (χ1v) is 10.3. The molecule has 0 radical (unpaired) electrons. The molecule has 5 heteroatoms. The van der Waals surface area contributed by atoms with Crippen molar-refractivity contribution in [3.8, 4) is 0 Å². The van der Waals surface area contributed by atoms with E-state index in [1.54, 1.807) is 0 Å². The number of nitrogens with one attached hydrogen (secondary N) is 2. The van der Waals surface area contributed by atoms with E-state index in [0.29, 0.717) is 6.04 Å². The Kier molecular flexibility index (Phi) is 7.28. The topological polar surface area (TPSA) is 40.2 Å². The van der Waals surface area contributed by atoms with Crippen LogP contribution in [-0.2, 0) is 0 Å². The maximum absolute atomic E-state index is 4.67. The third-order valence-corrected chi connectivity index (χ3v) is 6.05. The Morgan fingerprint density at radius 2 is 1.97 bits per heavy atom. The van der Waals surface area contributed by atoms with Crippen LogP contribution in [0.1, 0.15) is 36.1 Å². The van der Waals surface area contributed by atoms with Crippen LogP contribution in [0.3, 0.4) is 0 Å². The molecule has 2 atom stereocenters. The Morgan fingerprint density at radius 1 is 1.14 bits per heavy atom. The van der Waals surface area contributed by atoms with E-state index in [0.717, 1.165) is 31.9 Å². The molecule has 2 unspecified atom stereocenters. The predicted octanol–water partition coefficient (Wildman–Crippen LogP) is 5.22. The van der Waals surface area contributed by atoms with Gasteiger partial charge in [-0.2, -0.15) is 0 Å². The fourth-order valence-electron chi connectivity index (χ4n) is 4.33. The van der Waals surface area contributed by atoms with Crippen molar-refractivity contribution in [1.29, 1.82) is 0 Å². The average Bonchev–Trinajstić information content (AvgIpc) is 2.74. The number of aromatic nitrogens is 1. The summed E-state index contributed by atoms with van der Waals surface area (Å²) in [7, 11) is 0. The second kappa shape index (κ2) is 9.70. The summed E-state index contributed by atoms with van der Waals surface area (Å²) in [5, 5.41) is 9.77. The van der Waals surface area contributed by atoms with Crippen LogP contribution < -0.4 is 10.6 Å². The number of aryl methyl sites for hydroxylation is 1. The van der Waals surface area contributed by atoms with E-state index in [-0.39, 0.29) is 23.1 Å². The highest BCUT2D eigenvalue weighted by Gasteiger charge is 2.30. The van der Waals surface area contributed by atoms with Crippen LogP contribution in [0.2, 0.25) is 0 Å². The van der Waals surface area contributed by atoms with Crippen molar-refractivity contribution in [3.05, 3.63) is 71.4 Å². The largest absolute Gasteiger partial charge is 0.354 e. The molecule has 0 aliphatic carbocycles. The van der Waals surface area contributed by atoms with Crippen molar-refractivity contribution in [3.63, 3.8) is 0 Å². The van der Waals surface area contributed by atoms with Gasteiger partial charge in [0.25, 0.3) is 0 Å². The molecule has 0 bridgehead atoms. The zero-order valence-corrected chi connectivity index (χ0v) is 19.2. The highest BCUT2D eigenvalue weighted by molar-refractivity contribution is 8.93. The average molecular weight is 455 g/mol. The minimum absolute atomic E-state index is 0. The normalized spacial score (nSPS) is 18.2. The number of benzene rings is 2. The Hall–Kier alpha value is -1.95. The highest BCUT2D eigenvalue weighted by Crippen LogP contribution is 2.30. The summed E-state index contributed by atoms with van der Waals surface area (Å²) in [5.74, 6) is 0.975. The summed E-state index contributed by atoms with van der Waals surface area (Å²) in [5.41, 5.74) is 4.19. The van der Waals surface area contributed by atoms with Gasteiger partial charge < -0.3 is 10.6 Å². The second-order valence-corrected chi connectivity index (χ2v) is 7.70. The van der Waals surface area contributed by atoms with E-state index in [2.05, 4.69) is 89.8 Å². The molecule has 29 heavy (non-hydrogen) atoms. The lowest BCUT2D eigenvalue weighted by Gasteiger charge is -2.42. The molecule has 4 nitrogen and oxygen atoms in total. The van der Waals surface area contributed by atoms with Gasteiger partial charge in [-0.15, -0.1) is 17.0 Å². The van der Waals surface area contributed by atoms with Crippen LogP contribution in [0.15, 0.2) is 54.7 Å². The minimum Gasteiger partial charge on any atom is -0.354 e. The van der Waals surface area contributed by atoms with Gasteiger partial charge in [0.05, 0.1) is 6.17 Å². The van der Waals surface area contributed by atoms with E-state index in [1.165, 1.54) is 27.5 Å². The number of fused-ring (bicyclic) bond motifs is 1. The molecule has 3 aromatic rings. The smallest absolute Gasteiger partial charge is 0.135 e. The number of pyridine rings is 1. The molecular weight excluding hydrogens is 424 g/mol. The first-order chi connectivity index (χ1) is 13.7. The number of anilines is 1. The fourth-order valence-corrected chi connectivity index (χ4v) is 4.33. The van der Waals surface area contributed by atoms with Crippen molar-refractivity contribution < 1.29 is 0 Å². The maximum atomic E-state index is 4.67. The molecule has 154 valence electrons. The van der Waals surface area contributed by atoms with Gasteiger partial charge in [-0.25, -0.2) is 4.98 Å². The van der Waals surface area contributed by atoms with E-state index in [4.69, 9.17) is 0 Å². The molecule has 2 heterocycles. The first-order valence-electron chi connectivity index (χ1n) is 10.3. The molecule has 2 N–H and O–H groups in total. The summed E-state index contributed by atoms with van der Waals surface area (Å²) >= 11 is 0. The molecule has 1 saturated heterocycles. The second-order valence-electron chi connectivity index (χ2n) is 7.70. The van der Waals surface area contributed by atoms with Crippen LogP contribution in [0, 0.1) is 13.8 Å². The van der Waals surface area contributed by atoms with E-state index < -0.39 is 0 Å². The zero-order chi connectivity index (χ0) is 19.5. The van der Waals surface area contributed by atoms with Crippen LogP contribution in [0.5, 0.6) is 0 Å². The van der Waals surface area contributed by atoms with Crippen molar-refractivity contribution in [1.82, 2.24) is 15.2 Å². The highest BCUT2D eigenvalue weighted by atomic mass is 79.9. The van der Waals surface area contributed by atoms with E-state index in [9.17, 15) is 0 Å². The maximum Gasteiger partial charge on any atom is 0.135 e. The molecule has 1 aliphatic heterocycles. The molecule has 1 aromatic heterocycles. The van der Waals surface area contributed by atoms with Gasteiger partial charge in [0.1, 0.15) is 5.82 Å². The van der Waals surface area contributed by atoms with Crippen molar-refractivity contribution in [2.45, 2.75) is 39.4 Å². The van der Waals surface area contributed by atoms with Crippen molar-refractivity contribution in [2.24, 2.45) is 0 Å². The molecule has 1 aliphatic rings. The number of halogens is 1. The Labute approximate surface area is 184 Å². The first kappa shape index (κ1) is 21.8. The minimum atomic E-state index is 0. The number of nitrogens with zero attached hydrogens (tertiary/aromatic N) is 2. The lowest BCUT2D eigenvalue weighted by atomic mass is 9.94. The number of piperazine rings is 1. The van der Waals surface area contributed by atoms with Gasteiger partial charge in [-0.05, 0) is 48.4 Å². The van der Waals surface area contributed by atoms with Crippen molar-refractivity contribution in [2.75, 3.05) is 25.0 Å². The van der Waals surface area contributed by atoms with E-state index in [1.807, 2.05) is 6.20 Å². The van der Waals surface area contributed by atoms with Gasteiger partial charge in [0, 0.05) is 37.3 Å². The Balaban J connectivity index is 0.00000240. The quantitative estimate of drug-likeness (QED) is 0.553. The molecule has 0 amide bonds. The van der Waals surface area contributed by atoms with Crippen LogP contribution in [0.25, 0.3) is 10.8 Å². The third-order valence-electron chi connectivity index (χ3n) is 6.05. The number of hydrogen-bond acceptors (Lipinski definition) is 4. The SMILES string of the molecule is Br.CCC(Nc1nccc2ccccc12)N1CCNCC1c1cccc(C)c1C. The summed E-state index contributed by atoms with van der Waals surface area (Å²) in [6.45, 7) is 9.72. The van der Waals surface area contributed by atoms with Gasteiger partial charge >= 0.3 is 0 Å². The van der Waals surface area contributed by atoms with Crippen LogP contribution in [-0.4, -0.2) is 35.7 Å². The standard InChI is InChI=1S/C24H30N4.BrH/c1-4-23(27-24-21-10-6-5-9-19(21)12-13-26-24)28-15-14-25-16-22(28)20-11-7-8-17(2)18(20)3;/h5-13,22-23,25H,4,14-16H2,1-3H3,(H,26,27);1H. The van der Waals surface area contributed by atoms with Crippen molar-refractivity contribution >= 4 is 33.6 Å². The predicted molar refractivity (Wildman–Crippen MR) is 128 cm³/mol. The molecular formula is C24H31BrN4. The Morgan fingerprint density at radius 3 is 2.79 bits per heavy atom. The van der Waals surface area contributed by atoms with E-state index >= 15 is 0 Å². The number of rotatable bonds is 5. The number of hydrogen-bond donors (Lipinski definition) is 2. The summed E-state index contributed by atoms with van der Waals surface area (Å²) in [6.07, 6.45) is 3.16. The fraction of sp³-hybridized carbons (Fsp3) is 0.375.